The average molecular weight is 372 g/mol. The molecule has 1 atom stereocenters. The number of ether oxygens (including phenoxy) is 1. The lowest BCUT2D eigenvalue weighted by Crippen LogP contribution is -2.38. The van der Waals surface area contributed by atoms with Gasteiger partial charge in [-0.15, -0.1) is 0 Å². The third-order valence-corrected chi connectivity index (χ3v) is 5.41. The Hall–Kier alpha value is -2.12. The molecule has 0 N–H and O–H groups in total. The highest BCUT2D eigenvalue weighted by Gasteiger charge is 2.26. The van der Waals surface area contributed by atoms with Crippen LogP contribution in [0.4, 0.5) is 0 Å². The van der Waals surface area contributed by atoms with E-state index in [0.717, 1.165) is 63.5 Å². The molecule has 1 saturated heterocycles. The Kier molecular flexibility index (Phi) is 5.59. The lowest BCUT2D eigenvalue weighted by atomic mass is 10.1. The number of fused-ring (bicyclic) bond motifs is 1. The predicted molar refractivity (Wildman–Crippen MR) is 100 cm³/mol. The summed E-state index contributed by atoms with van der Waals surface area (Å²) in [7, 11) is 0. The van der Waals surface area contributed by atoms with E-state index in [2.05, 4.69) is 20.7 Å². The third-order valence-electron chi connectivity index (χ3n) is 5.41. The van der Waals surface area contributed by atoms with Crippen molar-refractivity contribution in [2.75, 3.05) is 32.8 Å². The Morgan fingerprint density at radius 3 is 2.93 bits per heavy atom. The number of carbonyl (C=O) groups is 1. The van der Waals surface area contributed by atoms with Crippen LogP contribution in [-0.2, 0) is 22.6 Å². The van der Waals surface area contributed by atoms with Crippen molar-refractivity contribution in [2.24, 2.45) is 0 Å². The molecular formula is C20H28N4O3. The minimum atomic E-state index is 0.116. The molecule has 2 aliphatic heterocycles. The monoisotopic (exact) mass is 372 g/mol. The maximum absolute atomic E-state index is 12.1. The van der Waals surface area contributed by atoms with Gasteiger partial charge in [0, 0.05) is 39.0 Å². The minimum absolute atomic E-state index is 0.116. The summed E-state index contributed by atoms with van der Waals surface area (Å²) in [6.45, 7) is 7.04. The number of aryl methyl sites for hydroxylation is 1. The molecule has 0 aliphatic carbocycles. The van der Waals surface area contributed by atoms with Gasteiger partial charge >= 0.3 is 0 Å². The normalized spacial score (nSPS) is 20.2. The van der Waals surface area contributed by atoms with Crippen LogP contribution < -0.4 is 0 Å². The van der Waals surface area contributed by atoms with E-state index in [0.29, 0.717) is 6.61 Å². The van der Waals surface area contributed by atoms with E-state index < -0.39 is 0 Å². The van der Waals surface area contributed by atoms with Crippen molar-refractivity contribution < 1.29 is 13.9 Å². The topological polar surface area (TPSA) is 63.7 Å². The summed E-state index contributed by atoms with van der Waals surface area (Å²) >= 11 is 0. The first-order chi connectivity index (χ1) is 13.2. The Bertz CT molecular complexity index is 763. The number of amides is 1. The highest BCUT2D eigenvalue weighted by molar-refractivity contribution is 5.77. The summed E-state index contributed by atoms with van der Waals surface area (Å²) in [6, 6.07) is 6.38. The zero-order valence-corrected chi connectivity index (χ0v) is 16.0. The molecule has 0 radical (unpaired) electrons. The average Bonchev–Trinajstić information content (AvgIpc) is 3.40. The van der Waals surface area contributed by atoms with Crippen LogP contribution in [0.15, 0.2) is 28.8 Å². The van der Waals surface area contributed by atoms with Crippen molar-refractivity contribution in [1.82, 2.24) is 19.6 Å². The molecule has 1 fully saturated rings. The van der Waals surface area contributed by atoms with Gasteiger partial charge < -0.3 is 14.1 Å². The van der Waals surface area contributed by atoms with Crippen LogP contribution in [0.1, 0.15) is 42.5 Å². The van der Waals surface area contributed by atoms with E-state index >= 15 is 0 Å². The molecule has 0 unspecified atom stereocenters. The van der Waals surface area contributed by atoms with E-state index in [-0.39, 0.29) is 18.6 Å². The number of hydrogen-bond acceptors (Lipinski definition) is 5. The molecule has 7 heteroatoms. The molecule has 1 amide bonds. The molecule has 146 valence electrons. The van der Waals surface area contributed by atoms with Gasteiger partial charge in [0.25, 0.3) is 0 Å². The first-order valence-electron chi connectivity index (χ1n) is 9.84. The molecule has 2 aromatic heterocycles. The summed E-state index contributed by atoms with van der Waals surface area (Å²) in [4.78, 5) is 16.4. The molecule has 0 spiro atoms. The highest BCUT2D eigenvalue weighted by atomic mass is 16.5. The fraction of sp³-hybridized carbons (Fsp3) is 0.600. The molecule has 7 nitrogen and oxygen atoms in total. The number of carbonyl (C=O) groups excluding carboxylic acids is 1. The van der Waals surface area contributed by atoms with E-state index in [1.165, 1.54) is 5.69 Å². The van der Waals surface area contributed by atoms with Crippen LogP contribution in [0.2, 0.25) is 0 Å². The Balaban J connectivity index is 1.29. The highest BCUT2D eigenvalue weighted by Crippen LogP contribution is 2.24. The first-order valence-corrected chi connectivity index (χ1v) is 9.84. The Labute approximate surface area is 159 Å². The lowest BCUT2D eigenvalue weighted by Gasteiger charge is -2.33. The number of furan rings is 1. The predicted octanol–water partition coefficient (Wildman–Crippen LogP) is 2.37. The number of rotatable bonds is 7. The maximum Gasteiger partial charge on any atom is 0.248 e. The molecule has 2 aliphatic rings. The van der Waals surface area contributed by atoms with Crippen LogP contribution in [-0.4, -0.2) is 58.3 Å². The van der Waals surface area contributed by atoms with Gasteiger partial charge in [0.15, 0.2) is 0 Å². The van der Waals surface area contributed by atoms with Crippen molar-refractivity contribution >= 4 is 5.91 Å². The molecule has 0 bridgehead atoms. The summed E-state index contributed by atoms with van der Waals surface area (Å²) in [6.07, 6.45) is 4.93. The lowest BCUT2D eigenvalue weighted by molar-refractivity contribution is -0.135. The fourth-order valence-electron chi connectivity index (χ4n) is 4.03. The van der Waals surface area contributed by atoms with Gasteiger partial charge in [-0.3, -0.25) is 14.4 Å². The van der Waals surface area contributed by atoms with Gasteiger partial charge in [-0.05, 0) is 44.4 Å². The van der Waals surface area contributed by atoms with E-state index in [1.54, 1.807) is 0 Å². The summed E-state index contributed by atoms with van der Waals surface area (Å²) in [5, 5.41) is 4.50. The quantitative estimate of drug-likeness (QED) is 0.698. The Morgan fingerprint density at radius 1 is 1.30 bits per heavy atom. The van der Waals surface area contributed by atoms with Gasteiger partial charge in [0.2, 0.25) is 5.91 Å². The number of likely N-dealkylation sites (tertiary alicyclic amines) is 1. The first kappa shape index (κ1) is 18.3. The second kappa shape index (κ2) is 8.27. The van der Waals surface area contributed by atoms with Crippen molar-refractivity contribution in [3.63, 3.8) is 0 Å². The second-order valence-electron chi connectivity index (χ2n) is 7.53. The summed E-state index contributed by atoms with van der Waals surface area (Å²) in [5.41, 5.74) is 1.21. The zero-order valence-electron chi connectivity index (χ0n) is 16.0. The molecule has 2 aromatic rings. The summed E-state index contributed by atoms with van der Waals surface area (Å²) in [5.74, 6) is 2.05. The number of nitrogens with zero attached hydrogens (tertiary/aromatic N) is 4. The number of hydrogen-bond donors (Lipinski definition) is 0. The van der Waals surface area contributed by atoms with E-state index in [9.17, 15) is 4.79 Å². The van der Waals surface area contributed by atoms with E-state index in [1.807, 2.05) is 30.2 Å². The Morgan fingerprint density at radius 2 is 2.15 bits per heavy atom. The second-order valence-corrected chi connectivity index (χ2v) is 7.53. The van der Waals surface area contributed by atoms with Gasteiger partial charge in [-0.1, -0.05) is 0 Å². The molecule has 0 aromatic carbocycles. The molecule has 0 saturated carbocycles. The molecule has 4 rings (SSSR count). The van der Waals surface area contributed by atoms with Gasteiger partial charge in [-0.2, -0.15) is 5.10 Å². The molecule has 27 heavy (non-hydrogen) atoms. The fourth-order valence-corrected chi connectivity index (χ4v) is 4.03. The van der Waals surface area contributed by atoms with Gasteiger partial charge in [0.1, 0.15) is 18.1 Å². The van der Waals surface area contributed by atoms with Crippen LogP contribution in [0.25, 0.3) is 0 Å². The van der Waals surface area contributed by atoms with Crippen LogP contribution in [0.3, 0.4) is 0 Å². The van der Waals surface area contributed by atoms with Crippen molar-refractivity contribution in [2.45, 2.75) is 45.3 Å². The molecule has 4 heterocycles. The van der Waals surface area contributed by atoms with Crippen molar-refractivity contribution in [1.29, 1.82) is 0 Å². The molecular weight excluding hydrogens is 344 g/mol. The number of aromatic nitrogens is 2. The van der Waals surface area contributed by atoms with E-state index in [4.69, 9.17) is 9.15 Å². The smallest absolute Gasteiger partial charge is 0.248 e. The SMILES string of the molecule is Cc1ccc(CN2Cc3ccnn3[C@@H](CCOCC(=O)N3CCCC3)C2)o1. The maximum atomic E-state index is 12.1. The van der Waals surface area contributed by atoms with Crippen LogP contribution in [0.5, 0.6) is 0 Å². The van der Waals surface area contributed by atoms with Gasteiger partial charge in [-0.25, -0.2) is 0 Å². The standard InChI is InChI=1S/C20H28N4O3/c1-16-4-5-19(27-16)14-22-12-17-6-8-21-24(17)18(13-22)7-11-26-15-20(25)23-9-2-3-10-23/h4-6,8,18H,2-3,7,9-15H2,1H3/t18-/m0/s1. The summed E-state index contributed by atoms with van der Waals surface area (Å²) < 4.78 is 13.5. The van der Waals surface area contributed by atoms with Crippen molar-refractivity contribution in [3.05, 3.63) is 41.6 Å². The third kappa shape index (κ3) is 4.42. The largest absolute Gasteiger partial charge is 0.465 e. The zero-order chi connectivity index (χ0) is 18.6. The van der Waals surface area contributed by atoms with Crippen molar-refractivity contribution in [3.8, 4) is 0 Å². The van der Waals surface area contributed by atoms with Crippen LogP contribution >= 0.6 is 0 Å². The minimum Gasteiger partial charge on any atom is -0.465 e. The van der Waals surface area contributed by atoms with Gasteiger partial charge in [0.05, 0.1) is 18.3 Å². The van der Waals surface area contributed by atoms with Crippen LogP contribution in [0, 0.1) is 6.92 Å².